The fourth-order valence-corrected chi connectivity index (χ4v) is 2.25. The van der Waals surface area contributed by atoms with Gasteiger partial charge in [-0.15, -0.1) is 0 Å². The van der Waals surface area contributed by atoms with E-state index in [9.17, 15) is 4.79 Å². The molecule has 0 saturated heterocycles. The van der Waals surface area contributed by atoms with Gasteiger partial charge in [0.2, 0.25) is 0 Å². The van der Waals surface area contributed by atoms with Gasteiger partial charge in [0.1, 0.15) is 0 Å². The van der Waals surface area contributed by atoms with E-state index in [4.69, 9.17) is 4.74 Å². The molecule has 0 aromatic heterocycles. The Labute approximate surface area is 129 Å². The van der Waals surface area contributed by atoms with Crippen molar-refractivity contribution in [1.29, 1.82) is 0 Å². The highest BCUT2D eigenvalue weighted by molar-refractivity contribution is 5.70. The lowest BCUT2D eigenvalue weighted by Gasteiger charge is -2.20. The van der Waals surface area contributed by atoms with Crippen LogP contribution in [0.3, 0.4) is 0 Å². The monoisotopic (exact) mass is 291 g/mol. The summed E-state index contributed by atoms with van der Waals surface area (Å²) in [6.45, 7) is 11.8. The third-order valence-electron chi connectivity index (χ3n) is 3.59. The van der Waals surface area contributed by atoms with E-state index in [1.54, 1.807) is 0 Å². The minimum Gasteiger partial charge on any atom is -0.466 e. The molecule has 0 aliphatic rings. The first-order chi connectivity index (χ1) is 9.92. The number of nitrogens with one attached hydrogen (secondary N) is 1. The van der Waals surface area contributed by atoms with Gasteiger partial charge in [0.25, 0.3) is 0 Å². The molecule has 3 heteroatoms. The molecular formula is C18H29NO2. The van der Waals surface area contributed by atoms with Crippen LogP contribution in [-0.2, 0) is 16.0 Å². The molecule has 0 heterocycles. The Morgan fingerprint density at radius 3 is 2.52 bits per heavy atom. The quantitative estimate of drug-likeness (QED) is 0.746. The lowest BCUT2D eigenvalue weighted by Crippen LogP contribution is -2.36. The Bertz CT molecular complexity index is 455. The Kier molecular flexibility index (Phi) is 7.44. The summed E-state index contributed by atoms with van der Waals surface area (Å²) < 4.78 is 5.08. The van der Waals surface area contributed by atoms with Crippen LogP contribution in [0.5, 0.6) is 0 Å². The smallest absolute Gasteiger partial charge is 0.307 e. The molecule has 0 aliphatic heterocycles. The maximum Gasteiger partial charge on any atom is 0.307 e. The Morgan fingerprint density at radius 2 is 1.95 bits per heavy atom. The number of carbonyl (C=O) groups excluding carboxylic acids is 1. The summed E-state index contributed by atoms with van der Waals surface area (Å²) in [6, 6.07) is 6.64. The molecule has 0 spiro atoms. The van der Waals surface area contributed by atoms with E-state index in [-0.39, 0.29) is 12.0 Å². The van der Waals surface area contributed by atoms with Gasteiger partial charge in [0.15, 0.2) is 0 Å². The zero-order valence-electron chi connectivity index (χ0n) is 14.0. The van der Waals surface area contributed by atoms with Crippen molar-refractivity contribution < 1.29 is 9.53 Å². The van der Waals surface area contributed by atoms with Gasteiger partial charge in [-0.25, -0.2) is 0 Å². The summed E-state index contributed by atoms with van der Waals surface area (Å²) in [6.07, 6.45) is 1.28. The van der Waals surface area contributed by atoms with Crippen molar-refractivity contribution in [2.45, 2.75) is 53.5 Å². The van der Waals surface area contributed by atoms with Crippen LogP contribution in [0, 0.1) is 19.8 Å². The van der Waals surface area contributed by atoms with Gasteiger partial charge in [-0.05, 0) is 56.3 Å². The van der Waals surface area contributed by atoms with Crippen molar-refractivity contribution in [3.05, 3.63) is 34.9 Å². The van der Waals surface area contributed by atoms with Crippen molar-refractivity contribution >= 4 is 5.97 Å². The highest BCUT2D eigenvalue weighted by Gasteiger charge is 2.15. The molecule has 1 aromatic rings. The average molecular weight is 291 g/mol. The van der Waals surface area contributed by atoms with Gasteiger partial charge in [-0.2, -0.15) is 0 Å². The van der Waals surface area contributed by atoms with E-state index in [0.717, 1.165) is 13.0 Å². The maximum absolute atomic E-state index is 11.7. The second kappa shape index (κ2) is 8.83. The number of benzene rings is 1. The Balaban J connectivity index is 2.70. The molecule has 0 saturated carbocycles. The molecule has 1 aromatic carbocycles. The van der Waals surface area contributed by atoms with E-state index in [1.165, 1.54) is 16.7 Å². The summed E-state index contributed by atoms with van der Waals surface area (Å²) in [4.78, 5) is 11.7. The number of carbonyl (C=O) groups is 1. The minimum absolute atomic E-state index is 0.123. The molecule has 118 valence electrons. The standard InChI is InChI=1S/C18H29NO2/c1-6-21-18(20)11-17(19-12-13(2)3)10-16-8-7-14(4)15(5)9-16/h7-9,13,17,19H,6,10-12H2,1-5H3. The third-order valence-corrected chi connectivity index (χ3v) is 3.59. The van der Waals surface area contributed by atoms with Gasteiger partial charge < -0.3 is 10.1 Å². The van der Waals surface area contributed by atoms with E-state index in [1.807, 2.05) is 6.92 Å². The zero-order valence-corrected chi connectivity index (χ0v) is 14.0. The van der Waals surface area contributed by atoms with Crippen molar-refractivity contribution in [2.75, 3.05) is 13.2 Å². The summed E-state index contributed by atoms with van der Waals surface area (Å²) in [5, 5.41) is 3.49. The average Bonchev–Trinajstić information content (AvgIpc) is 2.40. The number of esters is 1. The van der Waals surface area contributed by atoms with Gasteiger partial charge in [-0.3, -0.25) is 4.79 Å². The number of hydrogen-bond acceptors (Lipinski definition) is 3. The number of hydrogen-bond donors (Lipinski definition) is 1. The minimum atomic E-state index is -0.123. The van der Waals surface area contributed by atoms with Gasteiger partial charge in [0, 0.05) is 6.04 Å². The first-order valence-corrected chi connectivity index (χ1v) is 7.87. The van der Waals surface area contributed by atoms with Crippen LogP contribution in [0.25, 0.3) is 0 Å². The number of aryl methyl sites for hydroxylation is 2. The lowest BCUT2D eigenvalue weighted by molar-refractivity contribution is -0.143. The topological polar surface area (TPSA) is 38.3 Å². The zero-order chi connectivity index (χ0) is 15.8. The molecule has 1 atom stereocenters. The summed E-state index contributed by atoms with van der Waals surface area (Å²) in [5.41, 5.74) is 3.87. The molecule has 0 aliphatic carbocycles. The van der Waals surface area contributed by atoms with Crippen LogP contribution in [0.1, 0.15) is 43.9 Å². The van der Waals surface area contributed by atoms with E-state index < -0.39 is 0 Å². The normalized spacial score (nSPS) is 12.5. The van der Waals surface area contributed by atoms with Crippen LogP contribution in [0.2, 0.25) is 0 Å². The maximum atomic E-state index is 11.7. The molecule has 1 rings (SSSR count). The SMILES string of the molecule is CCOC(=O)CC(Cc1ccc(C)c(C)c1)NCC(C)C. The Morgan fingerprint density at radius 1 is 1.24 bits per heavy atom. The van der Waals surface area contributed by atoms with Gasteiger partial charge in [-0.1, -0.05) is 32.0 Å². The highest BCUT2D eigenvalue weighted by Crippen LogP contribution is 2.13. The molecule has 0 fully saturated rings. The molecule has 21 heavy (non-hydrogen) atoms. The second-order valence-corrected chi connectivity index (χ2v) is 6.13. The second-order valence-electron chi connectivity index (χ2n) is 6.13. The fourth-order valence-electron chi connectivity index (χ4n) is 2.25. The number of rotatable bonds is 8. The number of ether oxygens (including phenoxy) is 1. The molecule has 1 unspecified atom stereocenters. The molecule has 3 nitrogen and oxygen atoms in total. The molecule has 1 N–H and O–H groups in total. The van der Waals surface area contributed by atoms with Crippen molar-refractivity contribution in [2.24, 2.45) is 5.92 Å². The van der Waals surface area contributed by atoms with Gasteiger partial charge in [0.05, 0.1) is 13.0 Å². The predicted octanol–water partition coefficient (Wildman–Crippen LogP) is 3.41. The van der Waals surface area contributed by atoms with Crippen molar-refractivity contribution in [3.8, 4) is 0 Å². The Hall–Kier alpha value is -1.35. The first-order valence-electron chi connectivity index (χ1n) is 7.87. The van der Waals surface area contributed by atoms with E-state index >= 15 is 0 Å². The fraction of sp³-hybridized carbons (Fsp3) is 0.611. The van der Waals surface area contributed by atoms with E-state index in [0.29, 0.717) is 18.9 Å². The highest BCUT2D eigenvalue weighted by atomic mass is 16.5. The predicted molar refractivity (Wildman–Crippen MR) is 87.5 cm³/mol. The summed E-state index contributed by atoms with van der Waals surface area (Å²) >= 11 is 0. The van der Waals surface area contributed by atoms with E-state index in [2.05, 4.69) is 51.2 Å². The lowest BCUT2D eigenvalue weighted by atomic mass is 9.99. The molecule has 0 radical (unpaired) electrons. The van der Waals surface area contributed by atoms with Crippen LogP contribution < -0.4 is 5.32 Å². The van der Waals surface area contributed by atoms with Crippen molar-refractivity contribution in [1.82, 2.24) is 5.32 Å². The molecule has 0 amide bonds. The third kappa shape index (κ3) is 6.76. The largest absolute Gasteiger partial charge is 0.466 e. The van der Waals surface area contributed by atoms with Crippen LogP contribution in [0.4, 0.5) is 0 Å². The first kappa shape index (κ1) is 17.7. The molecule has 0 bridgehead atoms. The van der Waals surface area contributed by atoms with Crippen molar-refractivity contribution in [3.63, 3.8) is 0 Å². The molecular weight excluding hydrogens is 262 g/mol. The summed E-state index contributed by atoms with van der Waals surface area (Å²) in [5.74, 6) is 0.442. The van der Waals surface area contributed by atoms with Crippen LogP contribution in [-0.4, -0.2) is 25.2 Å². The van der Waals surface area contributed by atoms with Crippen LogP contribution >= 0.6 is 0 Å². The van der Waals surface area contributed by atoms with Gasteiger partial charge >= 0.3 is 5.97 Å². The van der Waals surface area contributed by atoms with Crippen LogP contribution in [0.15, 0.2) is 18.2 Å². The summed E-state index contributed by atoms with van der Waals surface area (Å²) in [7, 11) is 0.